The van der Waals surface area contributed by atoms with Crippen molar-refractivity contribution in [3.63, 3.8) is 0 Å². The Morgan fingerprint density at radius 1 is 1.15 bits per heavy atom. The summed E-state index contributed by atoms with van der Waals surface area (Å²) in [6.45, 7) is 9.79. The number of aryl methyl sites for hydroxylation is 1. The molecule has 1 atom stereocenters. The smallest absolute Gasteiger partial charge is 0.243 e. The molecule has 2 aromatic carbocycles. The molecule has 0 unspecified atom stereocenters. The summed E-state index contributed by atoms with van der Waals surface area (Å²) in [5.41, 5.74) is 3.68. The number of hydrogen-bond donors (Lipinski definition) is 0. The van der Waals surface area contributed by atoms with Crippen molar-refractivity contribution in [1.29, 1.82) is 0 Å². The van der Waals surface area contributed by atoms with Crippen LogP contribution in [-0.4, -0.2) is 53.1 Å². The topological polar surface area (TPSA) is 75.5 Å². The molecule has 0 radical (unpaired) electrons. The van der Waals surface area contributed by atoms with E-state index in [-0.39, 0.29) is 16.1 Å². The van der Waals surface area contributed by atoms with Gasteiger partial charge in [-0.05, 0) is 50.1 Å². The Labute approximate surface area is 199 Å². The van der Waals surface area contributed by atoms with Crippen molar-refractivity contribution < 1.29 is 13.2 Å². The molecule has 0 bridgehead atoms. The van der Waals surface area contributed by atoms with E-state index >= 15 is 0 Å². The Morgan fingerprint density at radius 2 is 1.88 bits per heavy atom. The molecule has 1 amide bonds. The third-order valence-corrected chi connectivity index (χ3v) is 9.25. The summed E-state index contributed by atoms with van der Waals surface area (Å²) in [6.07, 6.45) is 0.872. The lowest BCUT2D eigenvalue weighted by Crippen LogP contribution is -2.35. The summed E-state index contributed by atoms with van der Waals surface area (Å²) in [5.74, 6) is 0.0597. The molecule has 9 heteroatoms. The average molecular weight is 487 g/mol. The van der Waals surface area contributed by atoms with E-state index in [4.69, 9.17) is 4.98 Å². The van der Waals surface area contributed by atoms with Crippen LogP contribution in [0.4, 0.5) is 5.69 Å². The molecule has 0 aliphatic carbocycles. The molecule has 176 valence electrons. The molecule has 0 saturated carbocycles. The van der Waals surface area contributed by atoms with Crippen LogP contribution in [0.5, 0.6) is 0 Å². The van der Waals surface area contributed by atoms with Crippen molar-refractivity contribution in [1.82, 2.24) is 13.9 Å². The fourth-order valence-corrected chi connectivity index (χ4v) is 6.88. The van der Waals surface area contributed by atoms with E-state index in [1.165, 1.54) is 21.6 Å². The van der Waals surface area contributed by atoms with Gasteiger partial charge in [-0.2, -0.15) is 4.31 Å². The van der Waals surface area contributed by atoms with Gasteiger partial charge in [0.15, 0.2) is 5.16 Å². The van der Waals surface area contributed by atoms with Gasteiger partial charge in [-0.1, -0.05) is 43.8 Å². The lowest BCUT2D eigenvalue weighted by atomic mass is 10.2. The van der Waals surface area contributed by atoms with E-state index in [9.17, 15) is 13.2 Å². The van der Waals surface area contributed by atoms with E-state index in [0.717, 1.165) is 22.8 Å². The van der Waals surface area contributed by atoms with E-state index < -0.39 is 10.0 Å². The molecule has 1 aromatic heterocycles. The van der Waals surface area contributed by atoms with Crippen LogP contribution in [0.1, 0.15) is 33.3 Å². The predicted octanol–water partition coefficient (Wildman–Crippen LogP) is 4.16. The van der Waals surface area contributed by atoms with Crippen LogP contribution in [0.2, 0.25) is 0 Å². The molecule has 1 aliphatic rings. The highest BCUT2D eigenvalue weighted by Crippen LogP contribution is 2.33. The highest BCUT2D eigenvalue weighted by Gasteiger charge is 2.29. The molecule has 0 N–H and O–H groups in total. The number of aromatic nitrogens is 2. The van der Waals surface area contributed by atoms with E-state index in [1.54, 1.807) is 12.1 Å². The summed E-state index contributed by atoms with van der Waals surface area (Å²) < 4.78 is 29.4. The zero-order chi connectivity index (χ0) is 23.8. The lowest BCUT2D eigenvalue weighted by Gasteiger charge is -2.21. The summed E-state index contributed by atoms with van der Waals surface area (Å²) in [6, 6.07) is 13.1. The Kier molecular flexibility index (Phi) is 6.83. The number of carbonyl (C=O) groups excluding carboxylic acids is 1. The average Bonchev–Trinajstić information content (AvgIpc) is 3.39. The van der Waals surface area contributed by atoms with Crippen molar-refractivity contribution in [2.24, 2.45) is 0 Å². The number of fused-ring (bicyclic) bond motifs is 2. The minimum atomic E-state index is -3.56. The highest BCUT2D eigenvalue weighted by atomic mass is 32.2. The van der Waals surface area contributed by atoms with Gasteiger partial charge in [0.25, 0.3) is 0 Å². The Morgan fingerprint density at radius 3 is 2.58 bits per heavy atom. The predicted molar refractivity (Wildman–Crippen MR) is 133 cm³/mol. The molecule has 0 fully saturated rings. The van der Waals surface area contributed by atoms with Gasteiger partial charge in [0.1, 0.15) is 0 Å². The van der Waals surface area contributed by atoms with Gasteiger partial charge in [-0.25, -0.2) is 13.4 Å². The SMILES string of the molecule is CCN(CC)S(=O)(=O)c1ccc2c(c1)nc(S[C@H](C)C(=O)N1CCc3ccccc31)n2CC. The van der Waals surface area contributed by atoms with Crippen LogP contribution in [-0.2, 0) is 27.8 Å². The second-order valence-corrected chi connectivity index (χ2v) is 11.3. The number of imidazole rings is 1. The Balaban J connectivity index is 1.62. The second-order valence-electron chi connectivity index (χ2n) is 8.01. The first-order chi connectivity index (χ1) is 15.8. The number of para-hydroxylation sites is 1. The largest absolute Gasteiger partial charge is 0.319 e. The molecule has 3 aromatic rings. The van der Waals surface area contributed by atoms with Gasteiger partial charge in [-0.3, -0.25) is 4.79 Å². The number of anilines is 1. The van der Waals surface area contributed by atoms with Crippen LogP contribution in [0.3, 0.4) is 0 Å². The Hall–Kier alpha value is -2.36. The van der Waals surface area contributed by atoms with Crippen molar-refractivity contribution in [2.75, 3.05) is 24.5 Å². The van der Waals surface area contributed by atoms with Gasteiger partial charge < -0.3 is 9.47 Å². The molecule has 4 rings (SSSR count). The van der Waals surface area contributed by atoms with Crippen molar-refractivity contribution in [3.05, 3.63) is 48.0 Å². The minimum absolute atomic E-state index is 0.0597. The van der Waals surface area contributed by atoms with Crippen LogP contribution in [0, 0.1) is 0 Å². The van der Waals surface area contributed by atoms with Crippen molar-refractivity contribution in [3.8, 4) is 0 Å². The molecule has 33 heavy (non-hydrogen) atoms. The normalized spacial score (nSPS) is 14.8. The third-order valence-electron chi connectivity index (χ3n) is 6.13. The zero-order valence-electron chi connectivity index (χ0n) is 19.5. The van der Waals surface area contributed by atoms with Crippen LogP contribution < -0.4 is 4.90 Å². The molecule has 0 spiro atoms. The van der Waals surface area contributed by atoms with Gasteiger partial charge in [-0.15, -0.1) is 0 Å². The maximum atomic E-state index is 13.2. The quantitative estimate of drug-likeness (QED) is 0.447. The van der Waals surface area contributed by atoms with Gasteiger partial charge >= 0.3 is 0 Å². The van der Waals surface area contributed by atoms with Crippen LogP contribution in [0.25, 0.3) is 11.0 Å². The van der Waals surface area contributed by atoms with Gasteiger partial charge in [0, 0.05) is 31.9 Å². The second kappa shape index (κ2) is 9.48. The lowest BCUT2D eigenvalue weighted by molar-refractivity contribution is -0.117. The number of rotatable bonds is 8. The number of carbonyl (C=O) groups is 1. The van der Waals surface area contributed by atoms with Crippen molar-refractivity contribution in [2.45, 2.75) is 56.0 Å². The van der Waals surface area contributed by atoms with Crippen molar-refractivity contribution >= 4 is 44.4 Å². The molecule has 0 saturated heterocycles. The molecule has 2 heterocycles. The number of hydrogen-bond acceptors (Lipinski definition) is 5. The number of thioether (sulfide) groups is 1. The maximum Gasteiger partial charge on any atom is 0.243 e. The summed E-state index contributed by atoms with van der Waals surface area (Å²) in [4.78, 5) is 20.1. The zero-order valence-corrected chi connectivity index (χ0v) is 21.1. The Bertz CT molecular complexity index is 1280. The number of sulfonamides is 1. The summed E-state index contributed by atoms with van der Waals surface area (Å²) in [5, 5.41) is 0.398. The molecule has 7 nitrogen and oxygen atoms in total. The highest BCUT2D eigenvalue weighted by molar-refractivity contribution is 8.00. The summed E-state index contributed by atoms with van der Waals surface area (Å²) in [7, 11) is -3.56. The molecular formula is C24H30N4O3S2. The first-order valence-corrected chi connectivity index (χ1v) is 13.7. The fourth-order valence-electron chi connectivity index (χ4n) is 4.35. The van der Waals surface area contributed by atoms with Gasteiger partial charge in [0.05, 0.1) is 21.2 Å². The number of benzene rings is 2. The first-order valence-electron chi connectivity index (χ1n) is 11.4. The van der Waals surface area contributed by atoms with E-state index in [2.05, 4.69) is 6.07 Å². The molecule has 1 aliphatic heterocycles. The minimum Gasteiger partial charge on any atom is -0.319 e. The maximum absolute atomic E-state index is 13.2. The van der Waals surface area contributed by atoms with Gasteiger partial charge in [0.2, 0.25) is 15.9 Å². The standard InChI is InChI=1S/C24H30N4O3S2/c1-5-26(6-2)33(30,31)19-12-13-22-20(16-19)25-24(27(22)7-3)32-17(4)23(29)28-15-14-18-10-8-9-11-21(18)28/h8-13,16-17H,5-7,14-15H2,1-4H3/t17-/m1/s1. The fraction of sp³-hybridized carbons (Fsp3) is 0.417. The molecular weight excluding hydrogens is 456 g/mol. The van der Waals surface area contributed by atoms with E-state index in [1.807, 2.05) is 61.4 Å². The number of amides is 1. The summed E-state index contributed by atoms with van der Waals surface area (Å²) >= 11 is 1.42. The van der Waals surface area contributed by atoms with E-state index in [0.29, 0.717) is 31.7 Å². The van der Waals surface area contributed by atoms with Crippen LogP contribution in [0.15, 0.2) is 52.5 Å². The monoisotopic (exact) mass is 486 g/mol. The first kappa shape index (κ1) is 23.8. The number of nitrogens with zero attached hydrogens (tertiary/aromatic N) is 4. The van der Waals surface area contributed by atoms with Crippen LogP contribution >= 0.6 is 11.8 Å². The third kappa shape index (κ3) is 4.29.